The van der Waals surface area contributed by atoms with E-state index >= 15 is 0 Å². The van der Waals surface area contributed by atoms with Crippen LogP contribution >= 0.6 is 0 Å². The number of anilines is 2. The highest BCUT2D eigenvalue weighted by Crippen LogP contribution is 2.27. The van der Waals surface area contributed by atoms with Crippen LogP contribution in [0.15, 0.2) is 12.1 Å². The van der Waals surface area contributed by atoms with Crippen LogP contribution in [0.1, 0.15) is 27.2 Å². The number of fused-ring (bicyclic) bond motifs is 1. The van der Waals surface area contributed by atoms with Crippen molar-refractivity contribution >= 4 is 17.6 Å². The lowest BCUT2D eigenvalue weighted by atomic mass is 10.2. The lowest BCUT2D eigenvalue weighted by molar-refractivity contribution is 0.0588. The lowest BCUT2D eigenvalue weighted by Crippen LogP contribution is -2.34. The van der Waals surface area contributed by atoms with Crippen LogP contribution < -0.4 is 15.0 Å². The third-order valence-corrected chi connectivity index (χ3v) is 2.73. The molecule has 2 rings (SSSR count). The van der Waals surface area contributed by atoms with Gasteiger partial charge in [0.1, 0.15) is 11.4 Å². The van der Waals surface area contributed by atoms with E-state index in [0.717, 1.165) is 18.7 Å². The summed E-state index contributed by atoms with van der Waals surface area (Å²) in [7, 11) is 1.63. The molecule has 1 aliphatic heterocycles. The van der Waals surface area contributed by atoms with E-state index in [-0.39, 0.29) is 0 Å². The van der Waals surface area contributed by atoms with Gasteiger partial charge in [-0.25, -0.2) is 4.79 Å². The second kappa shape index (κ2) is 5.56. The Morgan fingerprint density at radius 1 is 1.45 bits per heavy atom. The molecule has 20 heavy (non-hydrogen) atoms. The lowest BCUT2D eigenvalue weighted by Gasteiger charge is -2.24. The molecule has 6 heteroatoms. The molecule has 1 amide bonds. The molecule has 0 saturated heterocycles. The van der Waals surface area contributed by atoms with E-state index in [2.05, 4.69) is 10.3 Å². The second-order valence-electron chi connectivity index (χ2n) is 5.69. The van der Waals surface area contributed by atoms with Crippen molar-refractivity contribution in [1.82, 2.24) is 4.98 Å². The van der Waals surface area contributed by atoms with Gasteiger partial charge in [0.25, 0.3) is 0 Å². The average molecular weight is 279 g/mol. The zero-order valence-electron chi connectivity index (χ0n) is 12.4. The smallest absolute Gasteiger partial charge is 0.415 e. The Bertz CT molecular complexity index is 497. The highest BCUT2D eigenvalue weighted by molar-refractivity contribution is 5.86. The van der Waals surface area contributed by atoms with E-state index in [1.807, 2.05) is 26.8 Å². The first-order valence-corrected chi connectivity index (χ1v) is 6.71. The van der Waals surface area contributed by atoms with Crippen LogP contribution in [-0.4, -0.2) is 36.9 Å². The zero-order valence-corrected chi connectivity index (χ0v) is 12.4. The molecule has 1 aromatic heterocycles. The molecule has 110 valence electrons. The van der Waals surface area contributed by atoms with Crippen molar-refractivity contribution in [2.45, 2.75) is 32.8 Å². The quantitative estimate of drug-likeness (QED) is 0.856. The Labute approximate surface area is 119 Å². The minimum atomic E-state index is -0.533. The van der Waals surface area contributed by atoms with E-state index in [9.17, 15) is 4.79 Å². The number of carbonyl (C=O) groups excluding carboxylic acids is 1. The topological polar surface area (TPSA) is 63.7 Å². The molecule has 0 saturated carbocycles. The highest BCUT2D eigenvalue weighted by Gasteiger charge is 2.22. The molecular formula is C14H21N3O3. The van der Waals surface area contributed by atoms with Gasteiger partial charge in [-0.3, -0.25) is 4.90 Å². The number of aromatic nitrogens is 1. The van der Waals surface area contributed by atoms with E-state index < -0.39 is 11.7 Å². The fourth-order valence-corrected chi connectivity index (χ4v) is 1.75. The van der Waals surface area contributed by atoms with Crippen LogP contribution in [0.5, 0.6) is 5.88 Å². The maximum Gasteiger partial charge on any atom is 0.415 e. The summed E-state index contributed by atoms with van der Waals surface area (Å²) >= 11 is 0. The minimum absolute atomic E-state index is 0.438. The third kappa shape index (κ3) is 3.53. The number of hydrogen-bond acceptors (Lipinski definition) is 5. The van der Waals surface area contributed by atoms with E-state index in [1.165, 1.54) is 4.90 Å². The summed E-state index contributed by atoms with van der Waals surface area (Å²) in [6.07, 6.45) is 0.486. The molecular weight excluding hydrogens is 258 g/mol. The molecule has 0 fully saturated rings. The van der Waals surface area contributed by atoms with Crippen molar-refractivity contribution in [1.29, 1.82) is 0 Å². The summed E-state index contributed by atoms with van der Waals surface area (Å²) in [5, 5.41) is 3.24. The Morgan fingerprint density at radius 2 is 2.20 bits per heavy atom. The fraction of sp³-hybridized carbons (Fsp3) is 0.571. The second-order valence-corrected chi connectivity index (χ2v) is 5.69. The maximum atomic E-state index is 12.0. The van der Waals surface area contributed by atoms with Crippen LogP contribution in [0.2, 0.25) is 0 Å². The molecule has 2 heterocycles. The molecule has 0 bridgehead atoms. The molecule has 1 N–H and O–H groups in total. The number of nitrogens with zero attached hydrogens (tertiary/aromatic N) is 2. The van der Waals surface area contributed by atoms with Crippen LogP contribution in [0.3, 0.4) is 0 Å². The summed E-state index contributed by atoms with van der Waals surface area (Å²) in [5.41, 5.74) is 0.318. The van der Waals surface area contributed by atoms with E-state index in [1.54, 1.807) is 13.1 Å². The number of amides is 1. The molecule has 0 atom stereocenters. The van der Waals surface area contributed by atoms with Gasteiger partial charge in [-0.15, -0.1) is 0 Å². The monoisotopic (exact) mass is 279 g/mol. The summed E-state index contributed by atoms with van der Waals surface area (Å²) in [6, 6.07) is 3.63. The number of ether oxygens (including phenoxy) is 2. The summed E-state index contributed by atoms with van der Waals surface area (Å²) in [5.74, 6) is 1.03. The predicted octanol–water partition coefficient (Wildman–Crippen LogP) is 2.65. The first-order chi connectivity index (χ1) is 9.37. The third-order valence-electron chi connectivity index (χ3n) is 2.73. The van der Waals surface area contributed by atoms with Crippen LogP contribution in [0.4, 0.5) is 16.3 Å². The SMILES string of the molecule is CN(C(=O)OC(C)(C)C)c1ccc2c(n1)OCCCN2. The van der Waals surface area contributed by atoms with E-state index in [0.29, 0.717) is 18.3 Å². The highest BCUT2D eigenvalue weighted by atomic mass is 16.6. The number of hydrogen-bond donors (Lipinski definition) is 1. The van der Waals surface area contributed by atoms with E-state index in [4.69, 9.17) is 9.47 Å². The van der Waals surface area contributed by atoms with Crippen LogP contribution in [-0.2, 0) is 4.74 Å². The van der Waals surface area contributed by atoms with Gasteiger partial charge in [0.05, 0.1) is 12.3 Å². The van der Waals surface area contributed by atoms with Gasteiger partial charge in [0.2, 0.25) is 5.88 Å². The van der Waals surface area contributed by atoms with Gasteiger partial charge in [-0.2, -0.15) is 4.98 Å². The average Bonchev–Trinajstić information content (AvgIpc) is 2.59. The predicted molar refractivity (Wildman–Crippen MR) is 77.5 cm³/mol. The van der Waals surface area contributed by atoms with Gasteiger partial charge in [0.15, 0.2) is 0 Å². The molecule has 0 aromatic carbocycles. The zero-order chi connectivity index (χ0) is 14.8. The Morgan fingerprint density at radius 3 is 2.90 bits per heavy atom. The first-order valence-electron chi connectivity index (χ1n) is 6.71. The Balaban J connectivity index is 2.16. The van der Waals surface area contributed by atoms with Gasteiger partial charge >= 0.3 is 6.09 Å². The van der Waals surface area contributed by atoms with Crippen molar-refractivity contribution in [2.75, 3.05) is 30.4 Å². The van der Waals surface area contributed by atoms with Crippen LogP contribution in [0.25, 0.3) is 0 Å². The van der Waals surface area contributed by atoms with Gasteiger partial charge in [-0.05, 0) is 39.3 Å². The van der Waals surface area contributed by atoms with Crippen molar-refractivity contribution in [3.8, 4) is 5.88 Å². The molecule has 0 spiro atoms. The Hall–Kier alpha value is -1.98. The maximum absolute atomic E-state index is 12.0. The van der Waals surface area contributed by atoms with Crippen molar-refractivity contribution in [3.63, 3.8) is 0 Å². The molecule has 0 aliphatic carbocycles. The van der Waals surface area contributed by atoms with Crippen molar-refractivity contribution in [2.24, 2.45) is 0 Å². The molecule has 0 unspecified atom stereocenters. The van der Waals surface area contributed by atoms with Gasteiger partial charge in [0, 0.05) is 13.6 Å². The molecule has 6 nitrogen and oxygen atoms in total. The summed E-state index contributed by atoms with van der Waals surface area (Å²) < 4.78 is 10.9. The Kier molecular flexibility index (Phi) is 4.01. The van der Waals surface area contributed by atoms with Crippen LogP contribution in [0, 0.1) is 0 Å². The first kappa shape index (κ1) is 14.4. The molecule has 0 radical (unpaired) electrons. The largest absolute Gasteiger partial charge is 0.476 e. The number of carbonyl (C=O) groups is 1. The van der Waals surface area contributed by atoms with Gasteiger partial charge in [-0.1, -0.05) is 0 Å². The van der Waals surface area contributed by atoms with Gasteiger partial charge < -0.3 is 14.8 Å². The number of nitrogens with one attached hydrogen (secondary N) is 1. The number of rotatable bonds is 1. The number of pyridine rings is 1. The molecule has 1 aliphatic rings. The van der Waals surface area contributed by atoms with Crippen molar-refractivity contribution < 1.29 is 14.3 Å². The standard InChI is InChI=1S/C14H21N3O3/c1-14(2,3)20-13(18)17(4)11-7-6-10-12(16-11)19-9-5-8-15-10/h6-7,15H,5,8-9H2,1-4H3. The molecule has 1 aromatic rings. The normalized spacial score (nSPS) is 14.4. The summed E-state index contributed by atoms with van der Waals surface area (Å²) in [4.78, 5) is 17.7. The summed E-state index contributed by atoms with van der Waals surface area (Å²) in [6.45, 7) is 6.96. The minimum Gasteiger partial charge on any atom is -0.476 e. The fourth-order valence-electron chi connectivity index (χ4n) is 1.75. The van der Waals surface area contributed by atoms with Crippen molar-refractivity contribution in [3.05, 3.63) is 12.1 Å².